The zero-order valence-electron chi connectivity index (χ0n) is 14.3. The first-order valence-corrected chi connectivity index (χ1v) is 8.08. The Hall–Kier alpha value is -2.70. The van der Waals surface area contributed by atoms with Crippen LogP contribution in [0.3, 0.4) is 0 Å². The van der Waals surface area contributed by atoms with Crippen LogP contribution in [-0.2, 0) is 4.79 Å². The van der Waals surface area contributed by atoms with E-state index >= 15 is 0 Å². The van der Waals surface area contributed by atoms with Crippen LogP contribution in [0.5, 0.6) is 11.5 Å². The summed E-state index contributed by atoms with van der Waals surface area (Å²) in [5.74, 6) is -0.550. The van der Waals surface area contributed by atoms with Crippen LogP contribution in [0.15, 0.2) is 36.4 Å². The van der Waals surface area contributed by atoms with Crippen molar-refractivity contribution in [3.63, 3.8) is 0 Å². The van der Waals surface area contributed by atoms with Crippen molar-refractivity contribution >= 4 is 11.6 Å². The number of carbonyl (C=O) groups is 1. The van der Waals surface area contributed by atoms with Crippen LogP contribution >= 0.6 is 0 Å². The van der Waals surface area contributed by atoms with Gasteiger partial charge in [-0.3, -0.25) is 4.79 Å². The average Bonchev–Trinajstić information content (AvgIpc) is 2.95. The van der Waals surface area contributed by atoms with Crippen LogP contribution in [0, 0.1) is 12.7 Å². The van der Waals surface area contributed by atoms with E-state index in [9.17, 15) is 18.0 Å². The number of amides is 1. The third kappa shape index (κ3) is 3.61. The number of halogens is 3. The van der Waals surface area contributed by atoms with E-state index in [0.717, 1.165) is 0 Å². The smallest absolute Gasteiger partial charge is 0.387 e. The molecule has 0 aliphatic carbocycles. The molecule has 0 saturated carbocycles. The van der Waals surface area contributed by atoms with Crippen LogP contribution in [-0.4, -0.2) is 26.2 Å². The van der Waals surface area contributed by atoms with Gasteiger partial charge < -0.3 is 14.4 Å². The number of carbonyl (C=O) groups excluding carboxylic acids is 1. The Labute approximate surface area is 149 Å². The highest BCUT2D eigenvalue weighted by Crippen LogP contribution is 2.37. The van der Waals surface area contributed by atoms with Gasteiger partial charge in [-0.15, -0.1) is 0 Å². The first kappa shape index (κ1) is 18.1. The molecule has 1 heterocycles. The maximum absolute atomic E-state index is 14.5. The van der Waals surface area contributed by atoms with E-state index in [0.29, 0.717) is 22.6 Å². The number of alkyl halides is 2. The molecule has 1 saturated heterocycles. The summed E-state index contributed by atoms with van der Waals surface area (Å²) < 4.78 is 48.7. The monoisotopic (exact) mass is 365 g/mol. The van der Waals surface area contributed by atoms with Crippen molar-refractivity contribution in [2.75, 3.05) is 18.6 Å². The number of anilines is 1. The first-order chi connectivity index (χ1) is 12.4. The summed E-state index contributed by atoms with van der Waals surface area (Å²) in [7, 11) is 1.46. The minimum atomic E-state index is -2.94. The van der Waals surface area contributed by atoms with E-state index in [1.54, 1.807) is 19.1 Å². The molecule has 138 valence electrons. The van der Waals surface area contributed by atoms with Gasteiger partial charge in [-0.05, 0) is 36.2 Å². The van der Waals surface area contributed by atoms with E-state index in [1.165, 1.54) is 36.3 Å². The lowest BCUT2D eigenvalue weighted by atomic mass is 9.93. The Balaban J connectivity index is 1.86. The number of nitrogens with zero attached hydrogens (tertiary/aromatic N) is 1. The predicted octanol–water partition coefficient (Wildman–Crippen LogP) is 4.26. The van der Waals surface area contributed by atoms with Gasteiger partial charge in [-0.25, -0.2) is 4.39 Å². The molecule has 0 radical (unpaired) electrons. The summed E-state index contributed by atoms with van der Waals surface area (Å²) in [4.78, 5) is 13.9. The molecule has 1 amide bonds. The molecule has 26 heavy (non-hydrogen) atoms. The van der Waals surface area contributed by atoms with Gasteiger partial charge in [0.2, 0.25) is 5.91 Å². The molecule has 1 aliphatic heterocycles. The summed E-state index contributed by atoms with van der Waals surface area (Å²) >= 11 is 0. The van der Waals surface area contributed by atoms with Gasteiger partial charge in [0.1, 0.15) is 17.3 Å². The number of rotatable bonds is 5. The Bertz CT molecular complexity index is 802. The molecular weight excluding hydrogens is 347 g/mol. The molecule has 7 heteroatoms. The van der Waals surface area contributed by atoms with Crippen molar-refractivity contribution in [3.05, 3.63) is 53.3 Å². The van der Waals surface area contributed by atoms with Gasteiger partial charge in [-0.2, -0.15) is 8.78 Å². The number of ether oxygens (including phenoxy) is 2. The number of methoxy groups -OCH3 is 1. The Kier molecular flexibility index (Phi) is 5.06. The molecule has 2 aromatic carbocycles. The molecule has 3 rings (SSSR count). The second-order valence-corrected chi connectivity index (χ2v) is 6.12. The molecule has 0 aromatic heterocycles. The van der Waals surface area contributed by atoms with Crippen LogP contribution in [0.2, 0.25) is 0 Å². The van der Waals surface area contributed by atoms with Crippen LogP contribution in [0.1, 0.15) is 23.5 Å². The maximum Gasteiger partial charge on any atom is 0.387 e. The fraction of sp³-hybridized carbons (Fsp3) is 0.316. The van der Waals surface area contributed by atoms with Crippen molar-refractivity contribution in [1.82, 2.24) is 0 Å². The maximum atomic E-state index is 14.5. The van der Waals surface area contributed by atoms with Gasteiger partial charge in [0.15, 0.2) is 0 Å². The lowest BCUT2D eigenvalue weighted by Gasteiger charge is -2.19. The standard InChI is InChI=1S/C19H18F3NO3/c1-11-6-15(25-2)9-16(20)18(11)12-7-17(24)23(10-12)13-4-3-5-14(8-13)26-19(21)22/h3-6,8-9,12,19H,7,10H2,1-2H3/t12-/m0/s1. The third-order valence-corrected chi connectivity index (χ3v) is 4.43. The molecule has 0 bridgehead atoms. The topological polar surface area (TPSA) is 38.8 Å². The highest BCUT2D eigenvalue weighted by molar-refractivity contribution is 5.96. The second kappa shape index (κ2) is 7.27. The van der Waals surface area contributed by atoms with Crippen molar-refractivity contribution in [2.24, 2.45) is 0 Å². The molecule has 1 atom stereocenters. The third-order valence-electron chi connectivity index (χ3n) is 4.43. The molecule has 0 spiro atoms. The Morgan fingerprint density at radius 2 is 1.96 bits per heavy atom. The fourth-order valence-electron chi connectivity index (χ4n) is 3.34. The SMILES string of the molecule is COc1cc(C)c([C@H]2CC(=O)N(c3cccc(OC(F)F)c3)C2)c(F)c1. The summed E-state index contributed by atoms with van der Waals surface area (Å²) in [5.41, 5.74) is 1.63. The molecule has 0 N–H and O–H groups in total. The largest absolute Gasteiger partial charge is 0.497 e. The zero-order valence-corrected chi connectivity index (χ0v) is 14.3. The van der Waals surface area contributed by atoms with E-state index in [2.05, 4.69) is 4.74 Å². The molecule has 4 nitrogen and oxygen atoms in total. The highest BCUT2D eigenvalue weighted by Gasteiger charge is 2.34. The first-order valence-electron chi connectivity index (χ1n) is 8.08. The van der Waals surface area contributed by atoms with Crippen LogP contribution in [0.4, 0.5) is 18.9 Å². The van der Waals surface area contributed by atoms with E-state index < -0.39 is 12.4 Å². The predicted molar refractivity (Wildman–Crippen MR) is 90.5 cm³/mol. The second-order valence-electron chi connectivity index (χ2n) is 6.12. The summed E-state index contributed by atoms with van der Waals surface area (Å²) in [6.07, 6.45) is 0.143. The minimum Gasteiger partial charge on any atom is -0.497 e. The molecule has 0 unspecified atom stereocenters. The van der Waals surface area contributed by atoms with Gasteiger partial charge in [0, 0.05) is 36.7 Å². The van der Waals surface area contributed by atoms with Gasteiger partial charge in [0.25, 0.3) is 0 Å². The number of hydrogen-bond acceptors (Lipinski definition) is 3. The number of hydrogen-bond donors (Lipinski definition) is 0. The molecular formula is C19H18F3NO3. The lowest BCUT2D eigenvalue weighted by molar-refractivity contribution is -0.117. The Morgan fingerprint density at radius 1 is 1.19 bits per heavy atom. The van der Waals surface area contributed by atoms with E-state index in [1.807, 2.05) is 0 Å². The molecule has 1 aliphatic rings. The van der Waals surface area contributed by atoms with E-state index in [-0.39, 0.29) is 30.5 Å². The van der Waals surface area contributed by atoms with Crippen LogP contribution < -0.4 is 14.4 Å². The normalized spacial score (nSPS) is 17.1. The van der Waals surface area contributed by atoms with Gasteiger partial charge in [0.05, 0.1) is 7.11 Å². The Morgan fingerprint density at radius 3 is 2.62 bits per heavy atom. The van der Waals surface area contributed by atoms with Crippen molar-refractivity contribution in [1.29, 1.82) is 0 Å². The summed E-state index contributed by atoms with van der Waals surface area (Å²) in [6, 6.07) is 8.96. The summed E-state index contributed by atoms with van der Waals surface area (Å²) in [6.45, 7) is -0.907. The number of aryl methyl sites for hydroxylation is 1. The minimum absolute atomic E-state index is 0.0273. The fourth-order valence-corrected chi connectivity index (χ4v) is 3.34. The van der Waals surface area contributed by atoms with Crippen molar-refractivity contribution < 1.29 is 27.4 Å². The van der Waals surface area contributed by atoms with E-state index in [4.69, 9.17) is 4.74 Å². The lowest BCUT2D eigenvalue weighted by Crippen LogP contribution is -2.24. The van der Waals surface area contributed by atoms with Gasteiger partial charge >= 0.3 is 6.61 Å². The van der Waals surface area contributed by atoms with Gasteiger partial charge in [-0.1, -0.05) is 6.07 Å². The quantitative estimate of drug-likeness (QED) is 0.795. The molecule has 2 aromatic rings. The average molecular weight is 365 g/mol. The number of benzene rings is 2. The highest BCUT2D eigenvalue weighted by atomic mass is 19.3. The summed E-state index contributed by atoms with van der Waals surface area (Å²) in [5, 5.41) is 0. The van der Waals surface area contributed by atoms with Crippen molar-refractivity contribution in [3.8, 4) is 11.5 Å². The zero-order chi connectivity index (χ0) is 18.8. The van der Waals surface area contributed by atoms with Crippen LogP contribution in [0.25, 0.3) is 0 Å². The van der Waals surface area contributed by atoms with Crippen molar-refractivity contribution in [2.45, 2.75) is 25.9 Å². The molecule has 1 fully saturated rings.